The minimum Gasteiger partial charge on any atom is -0.494 e. The van der Waals surface area contributed by atoms with Gasteiger partial charge in [-0.2, -0.15) is 0 Å². The molecule has 172 valence electrons. The number of piperidine rings is 1. The SMILES string of the molecule is CCCOc1ccc(CNC(=O)[C@@H]2CCCN(c3ncc(-c4ccc(C)cc4)cn3)C2)cc1. The van der Waals surface area contributed by atoms with Gasteiger partial charge in [-0.05, 0) is 49.4 Å². The van der Waals surface area contributed by atoms with E-state index in [2.05, 4.69) is 58.3 Å². The fourth-order valence-corrected chi connectivity index (χ4v) is 4.01. The van der Waals surface area contributed by atoms with Gasteiger partial charge in [0, 0.05) is 37.6 Å². The van der Waals surface area contributed by atoms with E-state index >= 15 is 0 Å². The Balaban J connectivity index is 1.31. The molecule has 0 saturated carbocycles. The molecule has 0 aliphatic carbocycles. The van der Waals surface area contributed by atoms with E-state index in [9.17, 15) is 4.79 Å². The normalized spacial score (nSPS) is 15.8. The topological polar surface area (TPSA) is 67.3 Å². The van der Waals surface area contributed by atoms with E-state index in [1.807, 2.05) is 36.7 Å². The first-order chi connectivity index (χ1) is 16.1. The number of carbonyl (C=O) groups excluding carboxylic acids is 1. The summed E-state index contributed by atoms with van der Waals surface area (Å²) in [5, 5.41) is 3.09. The molecule has 1 amide bonds. The van der Waals surface area contributed by atoms with Crippen molar-refractivity contribution in [3.63, 3.8) is 0 Å². The van der Waals surface area contributed by atoms with Gasteiger partial charge in [0.05, 0.1) is 12.5 Å². The quantitative estimate of drug-likeness (QED) is 0.542. The van der Waals surface area contributed by atoms with Crippen LogP contribution in [0, 0.1) is 12.8 Å². The van der Waals surface area contributed by atoms with Crippen molar-refractivity contribution < 1.29 is 9.53 Å². The number of carbonyl (C=O) groups is 1. The van der Waals surface area contributed by atoms with Crippen molar-refractivity contribution in [3.8, 4) is 16.9 Å². The summed E-state index contributed by atoms with van der Waals surface area (Å²) in [6.07, 6.45) is 6.55. The zero-order valence-corrected chi connectivity index (χ0v) is 19.5. The standard InChI is InChI=1S/C27H32N4O2/c1-3-15-33-25-12-8-21(9-13-25)16-28-26(32)23-5-4-14-31(19-23)27-29-17-24(18-30-27)22-10-6-20(2)7-11-22/h6-13,17-18,23H,3-5,14-16,19H2,1-2H3,(H,28,32)/t23-/m1/s1. The predicted octanol–water partition coefficient (Wildman–Crippen LogP) is 4.77. The molecule has 4 rings (SSSR count). The summed E-state index contributed by atoms with van der Waals surface area (Å²) in [6.45, 7) is 6.90. The van der Waals surface area contributed by atoms with Gasteiger partial charge < -0.3 is 15.0 Å². The van der Waals surface area contributed by atoms with Crippen molar-refractivity contribution in [1.82, 2.24) is 15.3 Å². The van der Waals surface area contributed by atoms with Crippen molar-refractivity contribution in [2.45, 2.75) is 39.7 Å². The summed E-state index contributed by atoms with van der Waals surface area (Å²) in [4.78, 5) is 24.1. The van der Waals surface area contributed by atoms with Gasteiger partial charge in [-0.15, -0.1) is 0 Å². The number of nitrogens with zero attached hydrogens (tertiary/aromatic N) is 3. The summed E-state index contributed by atoms with van der Waals surface area (Å²) in [7, 11) is 0. The summed E-state index contributed by atoms with van der Waals surface area (Å²) in [5.74, 6) is 1.57. The van der Waals surface area contributed by atoms with Crippen LogP contribution in [0.5, 0.6) is 5.75 Å². The molecular weight excluding hydrogens is 412 g/mol. The van der Waals surface area contributed by atoms with Crippen LogP contribution < -0.4 is 15.0 Å². The number of hydrogen-bond acceptors (Lipinski definition) is 5. The van der Waals surface area contributed by atoms with E-state index < -0.39 is 0 Å². The first-order valence-corrected chi connectivity index (χ1v) is 11.8. The van der Waals surface area contributed by atoms with Gasteiger partial charge in [0.25, 0.3) is 0 Å². The summed E-state index contributed by atoms with van der Waals surface area (Å²) < 4.78 is 5.62. The average molecular weight is 445 g/mol. The first-order valence-electron chi connectivity index (χ1n) is 11.8. The minimum atomic E-state index is -0.0636. The highest BCUT2D eigenvalue weighted by molar-refractivity contribution is 5.79. The van der Waals surface area contributed by atoms with Crippen LogP contribution in [-0.2, 0) is 11.3 Å². The smallest absolute Gasteiger partial charge is 0.225 e. The fraction of sp³-hybridized carbons (Fsp3) is 0.370. The van der Waals surface area contributed by atoms with Crippen LogP contribution >= 0.6 is 0 Å². The lowest BCUT2D eigenvalue weighted by molar-refractivity contribution is -0.125. The van der Waals surface area contributed by atoms with Gasteiger partial charge in [-0.3, -0.25) is 4.79 Å². The highest BCUT2D eigenvalue weighted by Crippen LogP contribution is 2.23. The number of aromatic nitrogens is 2. The summed E-state index contributed by atoms with van der Waals surface area (Å²) in [6, 6.07) is 16.3. The third-order valence-corrected chi connectivity index (χ3v) is 5.96. The van der Waals surface area contributed by atoms with Gasteiger partial charge >= 0.3 is 0 Å². The number of aryl methyl sites for hydroxylation is 1. The molecule has 1 aromatic heterocycles. The number of nitrogens with one attached hydrogen (secondary N) is 1. The number of amides is 1. The van der Waals surface area contributed by atoms with Crippen LogP contribution in [0.1, 0.15) is 37.3 Å². The highest BCUT2D eigenvalue weighted by Gasteiger charge is 2.27. The maximum Gasteiger partial charge on any atom is 0.225 e. The Hall–Kier alpha value is -3.41. The molecule has 1 N–H and O–H groups in total. The van der Waals surface area contributed by atoms with Crippen molar-refractivity contribution in [1.29, 1.82) is 0 Å². The molecule has 2 heterocycles. The van der Waals surface area contributed by atoms with Crippen molar-refractivity contribution in [3.05, 3.63) is 72.1 Å². The van der Waals surface area contributed by atoms with E-state index in [1.54, 1.807) is 0 Å². The Kier molecular flexibility index (Phi) is 7.55. The fourth-order valence-electron chi connectivity index (χ4n) is 4.01. The average Bonchev–Trinajstić information content (AvgIpc) is 2.87. The number of hydrogen-bond donors (Lipinski definition) is 1. The first kappa shape index (κ1) is 22.8. The molecule has 0 bridgehead atoms. The monoisotopic (exact) mass is 444 g/mol. The molecule has 0 spiro atoms. The highest BCUT2D eigenvalue weighted by atomic mass is 16.5. The molecule has 1 atom stereocenters. The van der Waals surface area contributed by atoms with E-state index in [4.69, 9.17) is 4.74 Å². The molecule has 33 heavy (non-hydrogen) atoms. The van der Waals surface area contributed by atoms with E-state index in [-0.39, 0.29) is 11.8 Å². The molecule has 1 saturated heterocycles. The molecule has 1 aliphatic heterocycles. The van der Waals surface area contributed by atoms with Gasteiger partial charge in [0.15, 0.2) is 0 Å². The molecule has 0 radical (unpaired) electrons. The van der Waals surface area contributed by atoms with Gasteiger partial charge in [0.2, 0.25) is 11.9 Å². The molecule has 1 fully saturated rings. The molecule has 6 nitrogen and oxygen atoms in total. The van der Waals surface area contributed by atoms with Crippen LogP contribution in [0.4, 0.5) is 5.95 Å². The molecule has 3 aromatic rings. The van der Waals surface area contributed by atoms with Crippen LogP contribution in [0.2, 0.25) is 0 Å². The molecule has 2 aromatic carbocycles. The van der Waals surface area contributed by atoms with Crippen LogP contribution in [0.25, 0.3) is 11.1 Å². The van der Waals surface area contributed by atoms with Crippen molar-refractivity contribution in [2.24, 2.45) is 5.92 Å². The van der Waals surface area contributed by atoms with Gasteiger partial charge in [-0.1, -0.05) is 48.9 Å². The molecule has 0 unspecified atom stereocenters. The Morgan fingerprint density at radius 1 is 1.06 bits per heavy atom. The Labute approximate surface area is 196 Å². The molecular formula is C27H32N4O2. The second-order valence-electron chi connectivity index (χ2n) is 8.63. The number of ether oxygens (including phenoxy) is 1. The largest absolute Gasteiger partial charge is 0.494 e. The van der Waals surface area contributed by atoms with Crippen LogP contribution in [0.3, 0.4) is 0 Å². The molecule has 1 aliphatic rings. The number of anilines is 1. The lowest BCUT2D eigenvalue weighted by Gasteiger charge is -2.32. The van der Waals surface area contributed by atoms with Gasteiger partial charge in [0.1, 0.15) is 5.75 Å². The Bertz CT molecular complexity index is 1030. The van der Waals surface area contributed by atoms with E-state index in [1.165, 1.54) is 5.56 Å². The predicted molar refractivity (Wildman–Crippen MR) is 131 cm³/mol. The Morgan fingerprint density at radius 2 is 1.79 bits per heavy atom. The lowest BCUT2D eigenvalue weighted by Crippen LogP contribution is -2.43. The maximum atomic E-state index is 12.8. The summed E-state index contributed by atoms with van der Waals surface area (Å²) >= 11 is 0. The minimum absolute atomic E-state index is 0.0636. The van der Waals surface area contributed by atoms with Crippen LogP contribution in [0.15, 0.2) is 60.9 Å². The maximum absolute atomic E-state index is 12.8. The number of benzene rings is 2. The van der Waals surface area contributed by atoms with Crippen molar-refractivity contribution >= 4 is 11.9 Å². The third kappa shape index (κ3) is 6.09. The summed E-state index contributed by atoms with van der Waals surface area (Å²) in [5.41, 5.74) is 4.39. The zero-order chi connectivity index (χ0) is 23.0. The third-order valence-electron chi connectivity index (χ3n) is 5.96. The second-order valence-corrected chi connectivity index (χ2v) is 8.63. The van der Waals surface area contributed by atoms with E-state index in [0.717, 1.165) is 48.2 Å². The number of rotatable bonds is 8. The Morgan fingerprint density at radius 3 is 2.48 bits per heavy atom. The van der Waals surface area contributed by atoms with E-state index in [0.29, 0.717) is 25.6 Å². The zero-order valence-electron chi connectivity index (χ0n) is 19.5. The van der Waals surface area contributed by atoms with Gasteiger partial charge in [-0.25, -0.2) is 9.97 Å². The lowest BCUT2D eigenvalue weighted by atomic mass is 9.97. The van der Waals surface area contributed by atoms with Crippen LogP contribution in [-0.4, -0.2) is 35.6 Å². The molecule has 6 heteroatoms. The van der Waals surface area contributed by atoms with Crippen molar-refractivity contribution in [2.75, 3.05) is 24.6 Å². The second kappa shape index (κ2) is 10.9.